The molecule has 1 unspecified atom stereocenters. The minimum absolute atomic E-state index is 0.0482. The molecule has 0 radical (unpaired) electrons. The maximum atomic E-state index is 11.8. The molecular weight excluding hydrogens is 296 g/mol. The van der Waals surface area contributed by atoms with Crippen molar-refractivity contribution in [1.82, 2.24) is 4.98 Å². The third-order valence-electron chi connectivity index (χ3n) is 2.93. The van der Waals surface area contributed by atoms with Gasteiger partial charge in [-0.3, -0.25) is 0 Å². The van der Waals surface area contributed by atoms with Crippen LogP contribution in [0.4, 0.5) is 5.69 Å². The van der Waals surface area contributed by atoms with Crippen molar-refractivity contribution in [2.75, 3.05) is 12.4 Å². The first kappa shape index (κ1) is 14.8. The molecule has 0 saturated heterocycles. The number of nitrogens with one attached hydrogen (secondary N) is 1. The van der Waals surface area contributed by atoms with Crippen molar-refractivity contribution in [3.05, 3.63) is 44.9 Å². The standard InChI is InChI=1S/C14H15ClN2O2S/c1-8-13(20-7-16-8)9(2)17-12-5-4-10(15)6-11(12)14(18)19-3/h4-7,9,17H,1-3H3. The van der Waals surface area contributed by atoms with Crippen molar-refractivity contribution in [3.8, 4) is 0 Å². The van der Waals surface area contributed by atoms with E-state index < -0.39 is 5.97 Å². The molecule has 1 N–H and O–H groups in total. The van der Waals surface area contributed by atoms with Crippen LogP contribution in [-0.2, 0) is 4.74 Å². The first-order valence-electron chi connectivity index (χ1n) is 6.07. The van der Waals surface area contributed by atoms with Crippen LogP contribution in [0, 0.1) is 6.92 Å². The van der Waals surface area contributed by atoms with Crippen LogP contribution in [0.5, 0.6) is 0 Å². The van der Waals surface area contributed by atoms with E-state index in [9.17, 15) is 4.79 Å². The Hall–Kier alpha value is -1.59. The molecule has 0 aliphatic rings. The van der Waals surface area contributed by atoms with Gasteiger partial charge in [-0.25, -0.2) is 9.78 Å². The summed E-state index contributed by atoms with van der Waals surface area (Å²) in [5, 5.41) is 3.80. The van der Waals surface area contributed by atoms with Gasteiger partial charge in [0, 0.05) is 15.6 Å². The quantitative estimate of drug-likeness (QED) is 0.865. The fraction of sp³-hybridized carbons (Fsp3) is 0.286. The van der Waals surface area contributed by atoms with Crippen LogP contribution < -0.4 is 5.32 Å². The molecule has 0 bridgehead atoms. The molecule has 0 aliphatic heterocycles. The minimum Gasteiger partial charge on any atom is -0.465 e. The van der Waals surface area contributed by atoms with E-state index in [0.717, 1.165) is 10.6 Å². The summed E-state index contributed by atoms with van der Waals surface area (Å²) in [5.74, 6) is -0.414. The monoisotopic (exact) mass is 310 g/mol. The second-order valence-corrected chi connectivity index (χ2v) is 5.67. The van der Waals surface area contributed by atoms with Crippen molar-refractivity contribution in [2.45, 2.75) is 19.9 Å². The zero-order valence-electron chi connectivity index (χ0n) is 11.4. The number of ether oxygens (including phenoxy) is 1. The van der Waals surface area contributed by atoms with Gasteiger partial charge in [-0.1, -0.05) is 11.6 Å². The molecule has 0 amide bonds. The molecule has 106 valence electrons. The summed E-state index contributed by atoms with van der Waals surface area (Å²) in [5.41, 5.74) is 3.92. The van der Waals surface area contributed by atoms with Gasteiger partial charge in [-0.15, -0.1) is 11.3 Å². The summed E-state index contributed by atoms with van der Waals surface area (Å²) < 4.78 is 4.78. The van der Waals surface area contributed by atoms with Gasteiger partial charge in [-0.05, 0) is 32.0 Å². The van der Waals surface area contributed by atoms with Crippen LogP contribution in [0.15, 0.2) is 23.7 Å². The highest BCUT2D eigenvalue weighted by Gasteiger charge is 2.16. The van der Waals surface area contributed by atoms with Gasteiger partial charge < -0.3 is 10.1 Å². The second kappa shape index (κ2) is 6.24. The number of aromatic nitrogens is 1. The Labute approximate surface area is 126 Å². The number of carbonyl (C=O) groups excluding carboxylic acids is 1. The molecule has 6 heteroatoms. The molecule has 1 aromatic heterocycles. The largest absolute Gasteiger partial charge is 0.465 e. The zero-order valence-corrected chi connectivity index (χ0v) is 13.0. The Bertz CT molecular complexity index is 627. The summed E-state index contributed by atoms with van der Waals surface area (Å²) in [7, 11) is 1.35. The van der Waals surface area contributed by atoms with Crippen molar-refractivity contribution in [3.63, 3.8) is 0 Å². The second-order valence-electron chi connectivity index (χ2n) is 4.35. The number of thiazole rings is 1. The molecule has 2 aromatic rings. The van der Waals surface area contributed by atoms with E-state index in [4.69, 9.17) is 16.3 Å². The lowest BCUT2D eigenvalue weighted by atomic mass is 10.1. The number of esters is 1. The molecule has 20 heavy (non-hydrogen) atoms. The van der Waals surface area contributed by atoms with Gasteiger partial charge in [0.25, 0.3) is 0 Å². The Morgan fingerprint density at radius 1 is 1.50 bits per heavy atom. The number of carbonyl (C=O) groups is 1. The SMILES string of the molecule is COC(=O)c1cc(Cl)ccc1NC(C)c1scnc1C. The van der Waals surface area contributed by atoms with E-state index in [0.29, 0.717) is 16.3 Å². The van der Waals surface area contributed by atoms with E-state index in [1.807, 2.05) is 19.4 Å². The first-order valence-corrected chi connectivity index (χ1v) is 7.33. The third kappa shape index (κ3) is 3.11. The van der Waals surface area contributed by atoms with Crippen LogP contribution in [0.25, 0.3) is 0 Å². The number of anilines is 1. The highest BCUT2D eigenvalue weighted by Crippen LogP contribution is 2.28. The zero-order chi connectivity index (χ0) is 14.7. The van der Waals surface area contributed by atoms with Gasteiger partial charge in [0.15, 0.2) is 0 Å². The molecule has 2 rings (SSSR count). The number of benzene rings is 1. The fourth-order valence-corrected chi connectivity index (χ4v) is 2.93. The topological polar surface area (TPSA) is 51.2 Å². The molecule has 4 nitrogen and oxygen atoms in total. The van der Waals surface area contributed by atoms with Gasteiger partial charge in [0.2, 0.25) is 0 Å². The number of hydrogen-bond acceptors (Lipinski definition) is 5. The Balaban J connectivity index is 2.29. The molecule has 1 atom stereocenters. The average Bonchev–Trinajstić information content (AvgIpc) is 2.86. The molecule has 1 heterocycles. The number of halogens is 1. The number of nitrogens with zero attached hydrogens (tertiary/aromatic N) is 1. The molecule has 1 aromatic carbocycles. The van der Waals surface area contributed by atoms with E-state index >= 15 is 0 Å². The summed E-state index contributed by atoms with van der Waals surface area (Å²) in [4.78, 5) is 17.2. The van der Waals surface area contributed by atoms with E-state index in [1.54, 1.807) is 29.5 Å². The maximum Gasteiger partial charge on any atom is 0.340 e. The summed E-state index contributed by atoms with van der Waals surface area (Å²) in [6.45, 7) is 3.99. The van der Waals surface area contributed by atoms with Gasteiger partial charge in [0.05, 0.1) is 29.9 Å². The van der Waals surface area contributed by atoms with E-state index in [-0.39, 0.29) is 6.04 Å². The molecule has 0 aliphatic carbocycles. The maximum absolute atomic E-state index is 11.8. The number of rotatable bonds is 4. The molecule has 0 spiro atoms. The van der Waals surface area contributed by atoms with E-state index in [2.05, 4.69) is 10.3 Å². The lowest BCUT2D eigenvalue weighted by molar-refractivity contribution is 0.0602. The first-order chi connectivity index (χ1) is 9.52. The van der Waals surface area contributed by atoms with Gasteiger partial charge in [0.1, 0.15) is 0 Å². The van der Waals surface area contributed by atoms with Crippen LogP contribution in [0.2, 0.25) is 5.02 Å². The van der Waals surface area contributed by atoms with Crippen LogP contribution >= 0.6 is 22.9 Å². The minimum atomic E-state index is -0.414. The van der Waals surface area contributed by atoms with Crippen LogP contribution in [-0.4, -0.2) is 18.1 Å². The normalized spacial score (nSPS) is 12.0. The fourth-order valence-electron chi connectivity index (χ4n) is 1.95. The number of hydrogen-bond donors (Lipinski definition) is 1. The van der Waals surface area contributed by atoms with Crippen molar-refractivity contribution in [2.24, 2.45) is 0 Å². The van der Waals surface area contributed by atoms with Crippen LogP contribution in [0.3, 0.4) is 0 Å². The highest BCUT2D eigenvalue weighted by atomic mass is 35.5. The summed E-state index contributed by atoms with van der Waals surface area (Å²) in [6, 6.07) is 5.17. The lowest BCUT2D eigenvalue weighted by Gasteiger charge is -2.17. The Morgan fingerprint density at radius 2 is 2.25 bits per heavy atom. The Morgan fingerprint density at radius 3 is 2.85 bits per heavy atom. The smallest absolute Gasteiger partial charge is 0.340 e. The average molecular weight is 311 g/mol. The Kier molecular flexibility index (Phi) is 4.62. The lowest BCUT2D eigenvalue weighted by Crippen LogP contribution is -2.11. The highest BCUT2D eigenvalue weighted by molar-refractivity contribution is 7.09. The summed E-state index contributed by atoms with van der Waals surface area (Å²) in [6.07, 6.45) is 0. The van der Waals surface area contributed by atoms with Gasteiger partial charge in [-0.2, -0.15) is 0 Å². The summed E-state index contributed by atoms with van der Waals surface area (Å²) >= 11 is 7.52. The predicted octanol–water partition coefficient (Wildman–Crippen LogP) is 4.06. The number of aryl methyl sites for hydroxylation is 1. The third-order valence-corrected chi connectivity index (χ3v) is 4.28. The van der Waals surface area contributed by atoms with Gasteiger partial charge >= 0.3 is 5.97 Å². The molecular formula is C14H15ClN2O2S. The van der Waals surface area contributed by atoms with E-state index in [1.165, 1.54) is 7.11 Å². The van der Waals surface area contributed by atoms with Crippen molar-refractivity contribution < 1.29 is 9.53 Å². The predicted molar refractivity (Wildman–Crippen MR) is 81.7 cm³/mol. The van der Waals surface area contributed by atoms with Crippen LogP contribution in [0.1, 0.15) is 33.9 Å². The van der Waals surface area contributed by atoms with Crippen molar-refractivity contribution >= 4 is 34.6 Å². The molecule has 0 saturated carbocycles. The van der Waals surface area contributed by atoms with Crippen molar-refractivity contribution in [1.29, 1.82) is 0 Å². The number of methoxy groups -OCH3 is 1. The molecule has 0 fully saturated rings.